The van der Waals surface area contributed by atoms with Crippen molar-refractivity contribution < 1.29 is 22.9 Å². The molecule has 1 heterocycles. The number of carbonyl (C=O) groups excluding carboxylic acids is 2. The van der Waals surface area contributed by atoms with Crippen LogP contribution in [-0.4, -0.2) is 30.1 Å². The second-order valence-corrected chi connectivity index (χ2v) is 7.74. The molecule has 3 aromatic rings. The lowest BCUT2D eigenvalue weighted by Gasteiger charge is -2.10. The molecule has 158 valence electrons. The number of amides is 2. The number of sulfonamides is 1. The number of hydrogen-bond donors (Lipinski definition) is 3. The van der Waals surface area contributed by atoms with E-state index in [1.54, 1.807) is 12.1 Å². The SMILES string of the molecule is O=C(NNC(=O)c1ccccn1)c1ccc(NS(=O)(=O)c2cccc([N+](=O)[O-])c2)cc1. The molecular formula is C19H15N5O6S. The Labute approximate surface area is 176 Å². The van der Waals surface area contributed by atoms with Crippen LogP contribution in [0.2, 0.25) is 0 Å². The van der Waals surface area contributed by atoms with Crippen molar-refractivity contribution in [3.05, 3.63) is 94.3 Å². The van der Waals surface area contributed by atoms with E-state index in [2.05, 4.69) is 20.6 Å². The fraction of sp³-hybridized carbons (Fsp3) is 0. The van der Waals surface area contributed by atoms with Crippen molar-refractivity contribution in [1.82, 2.24) is 15.8 Å². The Morgan fingerprint density at radius 1 is 0.903 bits per heavy atom. The number of nitrogens with one attached hydrogen (secondary N) is 3. The summed E-state index contributed by atoms with van der Waals surface area (Å²) in [7, 11) is -4.07. The zero-order valence-electron chi connectivity index (χ0n) is 15.7. The largest absolute Gasteiger partial charge is 0.288 e. The molecule has 3 N–H and O–H groups in total. The van der Waals surface area contributed by atoms with E-state index in [0.717, 1.165) is 6.07 Å². The van der Waals surface area contributed by atoms with Gasteiger partial charge in [0.15, 0.2) is 0 Å². The third-order valence-corrected chi connectivity index (χ3v) is 5.30. The van der Waals surface area contributed by atoms with Crippen LogP contribution in [0.3, 0.4) is 0 Å². The van der Waals surface area contributed by atoms with Gasteiger partial charge in [0.2, 0.25) is 0 Å². The van der Waals surface area contributed by atoms with Gasteiger partial charge >= 0.3 is 0 Å². The number of aromatic nitrogens is 1. The lowest BCUT2D eigenvalue weighted by molar-refractivity contribution is -0.385. The average molecular weight is 441 g/mol. The van der Waals surface area contributed by atoms with Crippen LogP contribution < -0.4 is 15.6 Å². The number of nitro benzene ring substituents is 1. The summed E-state index contributed by atoms with van der Waals surface area (Å²) in [5.74, 6) is -1.23. The number of pyridine rings is 1. The topological polar surface area (TPSA) is 160 Å². The molecule has 12 heteroatoms. The first-order chi connectivity index (χ1) is 14.8. The summed E-state index contributed by atoms with van der Waals surface area (Å²) in [6, 6.07) is 14.7. The van der Waals surface area contributed by atoms with E-state index >= 15 is 0 Å². The Morgan fingerprint density at radius 2 is 1.61 bits per heavy atom. The van der Waals surface area contributed by atoms with Gasteiger partial charge < -0.3 is 0 Å². The van der Waals surface area contributed by atoms with Gasteiger partial charge in [0.1, 0.15) is 5.69 Å². The second-order valence-electron chi connectivity index (χ2n) is 6.06. The van der Waals surface area contributed by atoms with Gasteiger partial charge in [0, 0.05) is 29.6 Å². The van der Waals surface area contributed by atoms with Crippen LogP contribution in [0.1, 0.15) is 20.8 Å². The predicted octanol–water partition coefficient (Wildman–Crippen LogP) is 1.87. The van der Waals surface area contributed by atoms with Gasteiger partial charge in [-0.3, -0.25) is 40.3 Å². The normalized spacial score (nSPS) is 10.7. The molecule has 0 saturated carbocycles. The minimum Gasteiger partial charge on any atom is -0.280 e. The van der Waals surface area contributed by atoms with E-state index in [4.69, 9.17) is 0 Å². The van der Waals surface area contributed by atoms with Crippen LogP contribution in [0.25, 0.3) is 0 Å². The molecule has 0 fully saturated rings. The number of non-ortho nitro benzene ring substituents is 1. The molecule has 0 bridgehead atoms. The van der Waals surface area contributed by atoms with Crippen LogP contribution in [0.4, 0.5) is 11.4 Å². The number of carbonyl (C=O) groups is 2. The van der Waals surface area contributed by atoms with Crippen molar-refractivity contribution in [3.8, 4) is 0 Å². The fourth-order valence-electron chi connectivity index (χ4n) is 2.41. The first-order valence-corrected chi connectivity index (χ1v) is 10.1. The minimum atomic E-state index is -4.07. The first kappa shape index (κ1) is 21.4. The van der Waals surface area contributed by atoms with Crippen molar-refractivity contribution >= 4 is 33.2 Å². The van der Waals surface area contributed by atoms with Crippen LogP contribution >= 0.6 is 0 Å². The Morgan fingerprint density at radius 3 is 2.26 bits per heavy atom. The van der Waals surface area contributed by atoms with Gasteiger partial charge in [-0.05, 0) is 42.5 Å². The highest BCUT2D eigenvalue weighted by Crippen LogP contribution is 2.20. The zero-order valence-corrected chi connectivity index (χ0v) is 16.5. The molecule has 0 aliphatic carbocycles. The maximum Gasteiger partial charge on any atom is 0.288 e. The Bertz CT molecular complexity index is 1230. The number of hydrazine groups is 1. The molecule has 11 nitrogen and oxygen atoms in total. The molecule has 3 rings (SSSR count). The van der Waals surface area contributed by atoms with E-state index in [1.165, 1.54) is 54.7 Å². The van der Waals surface area contributed by atoms with E-state index in [0.29, 0.717) is 0 Å². The molecule has 2 amide bonds. The van der Waals surface area contributed by atoms with E-state index in [9.17, 15) is 28.1 Å². The quantitative estimate of drug-likeness (QED) is 0.389. The standard InChI is InChI=1S/C19H15N5O6S/c25-18(21-22-19(26)17-6-1-2-11-20-17)13-7-9-14(10-8-13)23-31(29,30)16-5-3-4-15(12-16)24(27)28/h1-12,23H,(H,21,25)(H,22,26). The third kappa shape index (κ3) is 5.39. The molecule has 0 spiro atoms. The summed E-state index contributed by atoms with van der Waals surface area (Å²) in [5, 5.41) is 10.8. The van der Waals surface area contributed by atoms with Crippen molar-refractivity contribution in [2.75, 3.05) is 4.72 Å². The summed E-state index contributed by atoms with van der Waals surface area (Å²) < 4.78 is 27.2. The van der Waals surface area contributed by atoms with Crippen molar-refractivity contribution in [2.45, 2.75) is 4.90 Å². The summed E-state index contributed by atoms with van der Waals surface area (Å²) in [6.45, 7) is 0. The number of benzene rings is 2. The predicted molar refractivity (Wildman–Crippen MR) is 110 cm³/mol. The second kappa shape index (κ2) is 9.00. The highest BCUT2D eigenvalue weighted by molar-refractivity contribution is 7.92. The fourth-order valence-corrected chi connectivity index (χ4v) is 3.51. The number of nitro groups is 1. The molecule has 31 heavy (non-hydrogen) atoms. The van der Waals surface area contributed by atoms with Gasteiger partial charge in [-0.15, -0.1) is 0 Å². The van der Waals surface area contributed by atoms with Gasteiger partial charge in [-0.2, -0.15) is 0 Å². The molecule has 0 aliphatic heterocycles. The maximum absolute atomic E-state index is 12.4. The summed E-state index contributed by atoms with van der Waals surface area (Å²) in [6.07, 6.45) is 1.43. The molecule has 0 atom stereocenters. The Kier molecular flexibility index (Phi) is 6.21. The molecule has 1 aromatic heterocycles. The zero-order chi connectivity index (χ0) is 22.4. The Balaban J connectivity index is 1.64. The maximum atomic E-state index is 12.4. The molecule has 0 unspecified atom stereocenters. The summed E-state index contributed by atoms with van der Waals surface area (Å²) in [4.78, 5) is 37.8. The molecule has 0 aliphatic rings. The highest BCUT2D eigenvalue weighted by Gasteiger charge is 2.18. The highest BCUT2D eigenvalue weighted by atomic mass is 32.2. The minimum absolute atomic E-state index is 0.119. The Hall–Kier alpha value is -4.32. The van der Waals surface area contributed by atoms with Crippen molar-refractivity contribution in [2.24, 2.45) is 0 Å². The molecular weight excluding hydrogens is 426 g/mol. The van der Waals surface area contributed by atoms with E-state index < -0.39 is 26.8 Å². The number of anilines is 1. The summed E-state index contributed by atoms with van der Waals surface area (Å²) in [5.41, 5.74) is 4.50. The lowest BCUT2D eigenvalue weighted by atomic mass is 10.2. The van der Waals surface area contributed by atoms with Gasteiger partial charge in [-0.25, -0.2) is 8.42 Å². The molecule has 2 aromatic carbocycles. The van der Waals surface area contributed by atoms with Gasteiger partial charge in [0.05, 0.1) is 9.82 Å². The van der Waals surface area contributed by atoms with E-state index in [-0.39, 0.29) is 27.5 Å². The smallest absolute Gasteiger partial charge is 0.280 e. The van der Waals surface area contributed by atoms with Crippen LogP contribution in [-0.2, 0) is 10.0 Å². The molecule has 0 saturated heterocycles. The monoisotopic (exact) mass is 441 g/mol. The lowest BCUT2D eigenvalue weighted by Crippen LogP contribution is -2.41. The van der Waals surface area contributed by atoms with Crippen molar-refractivity contribution in [3.63, 3.8) is 0 Å². The summed E-state index contributed by atoms with van der Waals surface area (Å²) >= 11 is 0. The number of nitrogens with zero attached hydrogens (tertiary/aromatic N) is 2. The van der Waals surface area contributed by atoms with Crippen LogP contribution in [0, 0.1) is 10.1 Å². The van der Waals surface area contributed by atoms with E-state index in [1.807, 2.05) is 0 Å². The van der Waals surface area contributed by atoms with Crippen molar-refractivity contribution in [1.29, 1.82) is 0 Å². The average Bonchev–Trinajstić information content (AvgIpc) is 2.78. The first-order valence-electron chi connectivity index (χ1n) is 8.65. The van der Waals surface area contributed by atoms with Gasteiger partial charge in [-0.1, -0.05) is 12.1 Å². The third-order valence-electron chi connectivity index (χ3n) is 3.93. The number of hydrogen-bond acceptors (Lipinski definition) is 7. The van der Waals surface area contributed by atoms with Gasteiger partial charge in [0.25, 0.3) is 27.5 Å². The number of rotatable bonds is 6. The van der Waals surface area contributed by atoms with Crippen LogP contribution in [0.5, 0.6) is 0 Å². The molecule has 0 radical (unpaired) electrons. The van der Waals surface area contributed by atoms with Crippen LogP contribution in [0.15, 0.2) is 77.8 Å².